The van der Waals surface area contributed by atoms with Gasteiger partial charge in [0.15, 0.2) is 17.2 Å². The molecule has 0 atom stereocenters. The topological polar surface area (TPSA) is 112 Å². The number of rotatable bonds is 3. The SMILES string of the molecule is Cc1cc(F)cc(-c2ccnc3nc(-c4n[nH]c5ccc(-c6cn[nH]c6)nc45)[nH]c23)c1. The number of pyridine rings is 2. The van der Waals surface area contributed by atoms with Crippen molar-refractivity contribution in [3.05, 3.63) is 66.4 Å². The maximum Gasteiger partial charge on any atom is 0.178 e. The molecule has 8 nitrogen and oxygen atoms in total. The summed E-state index contributed by atoms with van der Waals surface area (Å²) in [5.41, 5.74) is 7.36. The Morgan fingerprint density at radius 2 is 1.94 bits per heavy atom. The number of hydrogen-bond acceptors (Lipinski definition) is 5. The van der Waals surface area contributed by atoms with Crippen LogP contribution in [0.5, 0.6) is 0 Å². The van der Waals surface area contributed by atoms with Gasteiger partial charge in [-0.1, -0.05) is 6.07 Å². The Labute approximate surface area is 174 Å². The molecular formula is C22H15FN8. The Kier molecular flexibility index (Phi) is 3.69. The van der Waals surface area contributed by atoms with Gasteiger partial charge in [-0.3, -0.25) is 10.2 Å². The van der Waals surface area contributed by atoms with Gasteiger partial charge in [-0.2, -0.15) is 10.2 Å². The van der Waals surface area contributed by atoms with Crippen LogP contribution in [0.15, 0.2) is 55.0 Å². The van der Waals surface area contributed by atoms with Crippen LogP contribution in [-0.4, -0.2) is 40.3 Å². The van der Waals surface area contributed by atoms with Crippen molar-refractivity contribution in [2.75, 3.05) is 0 Å². The summed E-state index contributed by atoms with van der Waals surface area (Å²) in [7, 11) is 0. The minimum absolute atomic E-state index is 0.283. The van der Waals surface area contributed by atoms with Crippen LogP contribution in [0.4, 0.5) is 4.39 Å². The van der Waals surface area contributed by atoms with E-state index in [4.69, 9.17) is 4.98 Å². The second-order valence-corrected chi connectivity index (χ2v) is 7.31. The highest BCUT2D eigenvalue weighted by atomic mass is 19.1. The second kappa shape index (κ2) is 6.56. The van der Waals surface area contributed by atoms with Gasteiger partial charge in [-0.25, -0.2) is 19.3 Å². The van der Waals surface area contributed by atoms with Crippen LogP contribution < -0.4 is 0 Å². The molecule has 150 valence electrons. The first kappa shape index (κ1) is 17.5. The lowest BCUT2D eigenvalue weighted by molar-refractivity contribution is 0.627. The summed E-state index contributed by atoms with van der Waals surface area (Å²) >= 11 is 0. The summed E-state index contributed by atoms with van der Waals surface area (Å²) in [6.45, 7) is 1.86. The zero-order chi connectivity index (χ0) is 20.9. The van der Waals surface area contributed by atoms with Gasteiger partial charge in [0.25, 0.3) is 0 Å². The number of hydrogen-bond donors (Lipinski definition) is 3. The lowest BCUT2D eigenvalue weighted by Crippen LogP contribution is -1.87. The smallest absolute Gasteiger partial charge is 0.178 e. The summed E-state index contributed by atoms with van der Waals surface area (Å²) in [4.78, 5) is 17.1. The summed E-state index contributed by atoms with van der Waals surface area (Å²) in [6, 6.07) is 10.6. The molecule has 0 bridgehead atoms. The number of aryl methyl sites for hydroxylation is 1. The fourth-order valence-corrected chi connectivity index (χ4v) is 3.77. The molecule has 0 spiro atoms. The average molecular weight is 410 g/mol. The highest BCUT2D eigenvalue weighted by Crippen LogP contribution is 2.31. The molecule has 5 heterocycles. The number of imidazole rings is 1. The molecule has 0 amide bonds. The van der Waals surface area contributed by atoms with E-state index in [9.17, 15) is 4.39 Å². The van der Waals surface area contributed by atoms with Gasteiger partial charge in [-0.15, -0.1) is 0 Å². The van der Waals surface area contributed by atoms with Gasteiger partial charge in [0.05, 0.1) is 22.9 Å². The third-order valence-electron chi connectivity index (χ3n) is 5.17. The minimum Gasteiger partial charge on any atom is -0.335 e. The van der Waals surface area contributed by atoms with E-state index in [1.807, 2.05) is 31.2 Å². The first-order chi connectivity index (χ1) is 15.2. The van der Waals surface area contributed by atoms with Gasteiger partial charge in [0.1, 0.15) is 11.3 Å². The van der Waals surface area contributed by atoms with E-state index < -0.39 is 0 Å². The van der Waals surface area contributed by atoms with E-state index in [0.29, 0.717) is 28.2 Å². The standard InChI is InChI=1S/C22H15FN8/c1-11-6-12(8-14(23)7-11)15-4-5-24-21-18(15)28-22(29-21)20-19-17(30-31-20)3-2-16(27-19)13-9-25-26-10-13/h2-10H,1H3,(H,25,26)(H,30,31)(H,24,28,29). The van der Waals surface area contributed by atoms with Crippen molar-refractivity contribution in [3.63, 3.8) is 0 Å². The number of nitrogens with zero attached hydrogens (tertiary/aromatic N) is 5. The maximum atomic E-state index is 14.0. The minimum atomic E-state index is -0.283. The first-order valence-electron chi connectivity index (χ1n) is 9.63. The Balaban J connectivity index is 1.53. The molecule has 1 aromatic carbocycles. The predicted molar refractivity (Wildman–Crippen MR) is 114 cm³/mol. The average Bonchev–Trinajstić information content (AvgIpc) is 3.50. The first-order valence-corrected chi connectivity index (χ1v) is 9.63. The van der Waals surface area contributed by atoms with Crippen molar-refractivity contribution >= 4 is 22.2 Å². The van der Waals surface area contributed by atoms with Gasteiger partial charge in [0, 0.05) is 23.5 Å². The summed E-state index contributed by atoms with van der Waals surface area (Å²) in [6.07, 6.45) is 5.17. The van der Waals surface area contributed by atoms with E-state index >= 15 is 0 Å². The Hall–Kier alpha value is -4.40. The lowest BCUT2D eigenvalue weighted by atomic mass is 10.0. The molecule has 31 heavy (non-hydrogen) atoms. The molecule has 9 heteroatoms. The normalized spacial score (nSPS) is 11.5. The van der Waals surface area contributed by atoms with Gasteiger partial charge < -0.3 is 4.98 Å². The van der Waals surface area contributed by atoms with Crippen LogP contribution in [-0.2, 0) is 0 Å². The summed E-state index contributed by atoms with van der Waals surface area (Å²) < 4.78 is 14.0. The number of benzene rings is 1. The van der Waals surface area contributed by atoms with Gasteiger partial charge >= 0.3 is 0 Å². The molecule has 6 rings (SSSR count). The number of aromatic amines is 3. The van der Waals surface area contributed by atoms with Crippen LogP contribution in [0, 0.1) is 12.7 Å². The van der Waals surface area contributed by atoms with Crippen LogP contribution >= 0.6 is 0 Å². The summed E-state index contributed by atoms with van der Waals surface area (Å²) in [5, 5.41) is 14.2. The molecule has 0 fully saturated rings. The van der Waals surface area contributed by atoms with Crippen molar-refractivity contribution < 1.29 is 4.39 Å². The highest BCUT2D eigenvalue weighted by molar-refractivity contribution is 5.95. The highest BCUT2D eigenvalue weighted by Gasteiger charge is 2.17. The van der Waals surface area contributed by atoms with E-state index in [2.05, 4.69) is 35.3 Å². The molecule has 5 aromatic heterocycles. The zero-order valence-electron chi connectivity index (χ0n) is 16.3. The molecule has 0 unspecified atom stereocenters. The number of fused-ring (bicyclic) bond motifs is 2. The van der Waals surface area contributed by atoms with E-state index in [0.717, 1.165) is 33.5 Å². The third-order valence-corrected chi connectivity index (χ3v) is 5.17. The van der Waals surface area contributed by atoms with Crippen LogP contribution in [0.2, 0.25) is 0 Å². The predicted octanol–water partition coefficient (Wildman–Crippen LogP) is 4.40. The van der Waals surface area contributed by atoms with Crippen LogP contribution in [0.1, 0.15) is 5.56 Å². The molecule has 0 saturated carbocycles. The van der Waals surface area contributed by atoms with E-state index in [1.165, 1.54) is 12.1 Å². The molecule has 0 radical (unpaired) electrons. The second-order valence-electron chi connectivity index (χ2n) is 7.31. The molecular weight excluding hydrogens is 395 g/mol. The fraction of sp³-hybridized carbons (Fsp3) is 0.0455. The van der Waals surface area contributed by atoms with Crippen molar-refractivity contribution in [2.24, 2.45) is 0 Å². The van der Waals surface area contributed by atoms with Crippen molar-refractivity contribution in [1.29, 1.82) is 0 Å². The fourth-order valence-electron chi connectivity index (χ4n) is 3.77. The van der Waals surface area contributed by atoms with Crippen LogP contribution in [0.3, 0.4) is 0 Å². The number of aromatic nitrogens is 8. The molecule has 0 aliphatic carbocycles. The molecule has 3 N–H and O–H groups in total. The van der Waals surface area contributed by atoms with Gasteiger partial charge in [0.2, 0.25) is 0 Å². The molecule has 6 aromatic rings. The number of nitrogens with one attached hydrogen (secondary N) is 3. The monoisotopic (exact) mass is 410 g/mol. The van der Waals surface area contributed by atoms with Crippen molar-refractivity contribution in [2.45, 2.75) is 6.92 Å². The van der Waals surface area contributed by atoms with E-state index in [-0.39, 0.29) is 5.82 Å². The van der Waals surface area contributed by atoms with E-state index in [1.54, 1.807) is 18.6 Å². The lowest BCUT2D eigenvalue weighted by Gasteiger charge is -2.04. The number of H-pyrrole nitrogens is 3. The van der Waals surface area contributed by atoms with Crippen molar-refractivity contribution in [1.82, 2.24) is 40.3 Å². The largest absolute Gasteiger partial charge is 0.335 e. The molecule has 0 aliphatic rings. The number of halogens is 1. The molecule has 0 aliphatic heterocycles. The zero-order valence-corrected chi connectivity index (χ0v) is 16.3. The van der Waals surface area contributed by atoms with Gasteiger partial charge in [-0.05, 0) is 48.4 Å². The Morgan fingerprint density at radius 1 is 1.00 bits per heavy atom. The van der Waals surface area contributed by atoms with Crippen molar-refractivity contribution in [3.8, 4) is 33.9 Å². The summed E-state index contributed by atoms with van der Waals surface area (Å²) in [5.74, 6) is 0.250. The Morgan fingerprint density at radius 3 is 2.77 bits per heavy atom. The third kappa shape index (κ3) is 2.86. The van der Waals surface area contributed by atoms with Crippen LogP contribution in [0.25, 0.3) is 56.1 Å². The Bertz CT molecular complexity index is 1540. The molecule has 0 saturated heterocycles. The quantitative estimate of drug-likeness (QED) is 0.400. The maximum absolute atomic E-state index is 14.0.